The molecule has 3 aromatic rings. The zero-order chi connectivity index (χ0) is 21.9. The molecule has 0 spiro atoms. The Morgan fingerprint density at radius 1 is 1.23 bits per heavy atom. The molecule has 2 aliphatic rings. The number of hydrogen-bond acceptors (Lipinski definition) is 4. The molecule has 2 heterocycles. The molecule has 2 N–H and O–H groups in total. The number of rotatable bonds is 2. The number of carbonyl (C=O) groups is 1. The molecular weight excluding hydrogens is 454 g/mol. The van der Waals surface area contributed by atoms with Crippen LogP contribution in [0.25, 0.3) is 10.9 Å². The van der Waals surface area contributed by atoms with Crippen LogP contribution in [0.3, 0.4) is 0 Å². The number of aliphatic hydroxyl groups excluding tert-OH is 1. The summed E-state index contributed by atoms with van der Waals surface area (Å²) in [5.41, 5.74) is 6.24. The van der Waals surface area contributed by atoms with E-state index in [0.717, 1.165) is 74.9 Å². The SMILES string of the molecule is C/N=C\c1ccc2c3c([nH]c2c1)C(C)(C)c1cc(N2CCC(O)CC2)c(Br)cc1C3=O. The number of nitrogens with zero attached hydrogens (tertiary/aromatic N) is 2. The third-order valence-corrected chi connectivity index (χ3v) is 7.40. The Hall–Kier alpha value is -2.44. The number of aromatic amines is 1. The van der Waals surface area contributed by atoms with E-state index in [2.05, 4.69) is 56.8 Å². The monoisotopic (exact) mass is 479 g/mol. The van der Waals surface area contributed by atoms with Crippen molar-refractivity contribution in [2.75, 3.05) is 25.0 Å². The summed E-state index contributed by atoms with van der Waals surface area (Å²) in [6, 6.07) is 10.2. The summed E-state index contributed by atoms with van der Waals surface area (Å²) in [4.78, 5) is 23.6. The third kappa shape index (κ3) is 3.15. The fourth-order valence-electron chi connectivity index (χ4n) is 5.03. The molecule has 6 heteroatoms. The minimum absolute atomic E-state index is 0.0637. The largest absolute Gasteiger partial charge is 0.393 e. The van der Waals surface area contributed by atoms with E-state index < -0.39 is 0 Å². The van der Waals surface area contributed by atoms with Gasteiger partial charge in [-0.2, -0.15) is 0 Å². The van der Waals surface area contributed by atoms with E-state index in [1.54, 1.807) is 7.05 Å². The third-order valence-electron chi connectivity index (χ3n) is 6.76. The van der Waals surface area contributed by atoms with Crippen LogP contribution in [0.15, 0.2) is 39.8 Å². The minimum atomic E-state index is -0.346. The molecule has 31 heavy (non-hydrogen) atoms. The molecule has 0 bridgehead atoms. The second kappa shape index (κ2) is 7.31. The van der Waals surface area contributed by atoms with Crippen LogP contribution >= 0.6 is 15.9 Å². The van der Waals surface area contributed by atoms with Crippen LogP contribution in [0, 0.1) is 0 Å². The molecule has 0 radical (unpaired) electrons. The molecule has 0 unspecified atom stereocenters. The molecule has 1 aromatic heterocycles. The van der Waals surface area contributed by atoms with Gasteiger partial charge in [-0.3, -0.25) is 9.79 Å². The molecule has 5 rings (SSSR count). The molecule has 1 saturated heterocycles. The van der Waals surface area contributed by atoms with Crippen molar-refractivity contribution in [3.05, 3.63) is 62.8 Å². The lowest BCUT2D eigenvalue weighted by molar-refractivity contribution is 0.103. The lowest BCUT2D eigenvalue weighted by atomic mass is 9.71. The number of halogens is 1. The number of piperidine rings is 1. The van der Waals surface area contributed by atoms with Crippen LogP contribution in [-0.2, 0) is 5.41 Å². The second-order valence-electron chi connectivity index (χ2n) is 9.09. The fraction of sp³-hybridized carbons (Fsp3) is 0.360. The summed E-state index contributed by atoms with van der Waals surface area (Å²) in [5.74, 6) is 0.0637. The number of ketones is 1. The lowest BCUT2D eigenvalue weighted by Crippen LogP contribution is -2.37. The van der Waals surface area contributed by atoms with Gasteiger partial charge in [0.1, 0.15) is 0 Å². The predicted molar refractivity (Wildman–Crippen MR) is 129 cm³/mol. The number of nitrogens with one attached hydrogen (secondary N) is 1. The summed E-state index contributed by atoms with van der Waals surface area (Å²) in [5, 5.41) is 10.8. The molecule has 1 aliphatic carbocycles. The standard InChI is InChI=1S/C25H26BrN3O2/c1-25(2)18-12-21(29-8-6-15(30)7-9-29)19(26)11-17(18)23(31)22-16-5-4-14(13-27-3)10-20(16)28-24(22)25/h4-5,10-13,15,28,30H,6-9H2,1-3H3/b27-13-. The number of fused-ring (bicyclic) bond motifs is 4. The maximum Gasteiger partial charge on any atom is 0.195 e. The van der Waals surface area contributed by atoms with E-state index in [1.807, 2.05) is 24.4 Å². The minimum Gasteiger partial charge on any atom is -0.393 e. The summed E-state index contributed by atoms with van der Waals surface area (Å²) in [7, 11) is 1.76. The summed E-state index contributed by atoms with van der Waals surface area (Å²) < 4.78 is 0.927. The number of anilines is 1. The Morgan fingerprint density at radius 2 is 1.97 bits per heavy atom. The Labute approximate surface area is 190 Å². The van der Waals surface area contributed by atoms with Gasteiger partial charge >= 0.3 is 0 Å². The number of carbonyl (C=O) groups excluding carboxylic acids is 1. The number of aliphatic hydroxyl groups is 1. The van der Waals surface area contributed by atoms with Crippen LogP contribution in [0.4, 0.5) is 5.69 Å². The van der Waals surface area contributed by atoms with Crippen LogP contribution in [0.5, 0.6) is 0 Å². The summed E-state index contributed by atoms with van der Waals surface area (Å²) in [6.45, 7) is 5.98. The van der Waals surface area contributed by atoms with Gasteiger partial charge in [-0.15, -0.1) is 0 Å². The molecule has 0 saturated carbocycles. The predicted octanol–water partition coefficient (Wildman–Crippen LogP) is 4.81. The normalized spacial score (nSPS) is 18.6. The van der Waals surface area contributed by atoms with Crippen molar-refractivity contribution in [1.82, 2.24) is 4.98 Å². The van der Waals surface area contributed by atoms with Gasteiger partial charge in [0, 0.05) is 58.4 Å². The zero-order valence-electron chi connectivity index (χ0n) is 18.0. The molecule has 1 fully saturated rings. The van der Waals surface area contributed by atoms with E-state index in [4.69, 9.17) is 0 Å². The first-order valence-corrected chi connectivity index (χ1v) is 11.5. The van der Waals surface area contributed by atoms with Gasteiger partial charge in [-0.25, -0.2) is 0 Å². The van der Waals surface area contributed by atoms with Crippen molar-refractivity contribution >= 4 is 44.5 Å². The van der Waals surface area contributed by atoms with Gasteiger partial charge in [-0.05, 0) is 58.1 Å². The average Bonchev–Trinajstić information content (AvgIpc) is 3.13. The van der Waals surface area contributed by atoms with Crippen LogP contribution in [0.1, 0.15) is 59.4 Å². The van der Waals surface area contributed by atoms with Gasteiger partial charge < -0.3 is 15.0 Å². The number of benzene rings is 2. The number of hydrogen-bond donors (Lipinski definition) is 2. The quantitative estimate of drug-likeness (QED) is 0.518. The van der Waals surface area contributed by atoms with Crippen molar-refractivity contribution in [2.24, 2.45) is 4.99 Å². The van der Waals surface area contributed by atoms with Gasteiger partial charge in [0.05, 0.1) is 17.4 Å². The van der Waals surface area contributed by atoms with Crippen molar-refractivity contribution in [3.63, 3.8) is 0 Å². The highest BCUT2D eigenvalue weighted by molar-refractivity contribution is 9.10. The molecule has 2 aromatic carbocycles. The zero-order valence-corrected chi connectivity index (χ0v) is 19.6. The first kappa shape index (κ1) is 20.5. The highest BCUT2D eigenvalue weighted by Crippen LogP contribution is 2.46. The number of H-pyrrole nitrogens is 1. The highest BCUT2D eigenvalue weighted by atomic mass is 79.9. The van der Waals surface area contributed by atoms with Crippen LogP contribution in [-0.4, -0.2) is 48.3 Å². The topological polar surface area (TPSA) is 68.7 Å². The maximum absolute atomic E-state index is 13.7. The average molecular weight is 480 g/mol. The van der Waals surface area contributed by atoms with Gasteiger partial charge in [0.2, 0.25) is 0 Å². The first-order valence-electron chi connectivity index (χ1n) is 10.7. The number of aromatic nitrogens is 1. The van der Waals surface area contributed by atoms with Crippen molar-refractivity contribution in [3.8, 4) is 0 Å². The Kier molecular flexibility index (Phi) is 4.83. The number of aliphatic imine (C=N–C) groups is 1. The van der Waals surface area contributed by atoms with Gasteiger partial charge in [-0.1, -0.05) is 26.0 Å². The lowest BCUT2D eigenvalue weighted by Gasteiger charge is -2.36. The van der Waals surface area contributed by atoms with E-state index in [9.17, 15) is 9.90 Å². The second-order valence-corrected chi connectivity index (χ2v) is 9.94. The Morgan fingerprint density at radius 3 is 2.68 bits per heavy atom. The van der Waals surface area contributed by atoms with E-state index in [0.29, 0.717) is 0 Å². The molecule has 0 amide bonds. The van der Waals surface area contributed by atoms with Crippen molar-refractivity contribution < 1.29 is 9.90 Å². The smallest absolute Gasteiger partial charge is 0.195 e. The van der Waals surface area contributed by atoms with Crippen molar-refractivity contribution in [2.45, 2.75) is 38.2 Å². The van der Waals surface area contributed by atoms with E-state index in [-0.39, 0.29) is 17.3 Å². The summed E-state index contributed by atoms with van der Waals surface area (Å²) in [6.07, 6.45) is 3.13. The molecule has 1 aliphatic heterocycles. The Balaban J connectivity index is 1.66. The van der Waals surface area contributed by atoms with E-state index >= 15 is 0 Å². The van der Waals surface area contributed by atoms with Gasteiger partial charge in [0.25, 0.3) is 0 Å². The molecular formula is C25H26BrN3O2. The highest BCUT2D eigenvalue weighted by Gasteiger charge is 2.40. The molecule has 160 valence electrons. The first-order chi connectivity index (χ1) is 14.8. The maximum atomic E-state index is 13.7. The van der Waals surface area contributed by atoms with Crippen LogP contribution in [0.2, 0.25) is 0 Å². The van der Waals surface area contributed by atoms with Gasteiger partial charge in [0.15, 0.2) is 5.78 Å². The van der Waals surface area contributed by atoms with Crippen LogP contribution < -0.4 is 4.90 Å². The summed E-state index contributed by atoms with van der Waals surface area (Å²) >= 11 is 3.72. The van der Waals surface area contributed by atoms with E-state index in [1.165, 1.54) is 0 Å². The molecule has 0 atom stereocenters. The van der Waals surface area contributed by atoms with Crippen molar-refractivity contribution in [1.29, 1.82) is 0 Å². The molecule has 5 nitrogen and oxygen atoms in total. The Bertz CT molecular complexity index is 1230. The fourth-order valence-corrected chi connectivity index (χ4v) is 5.63.